The first-order chi connectivity index (χ1) is 9.85. The van der Waals surface area contributed by atoms with E-state index in [-0.39, 0.29) is 5.69 Å². The fourth-order valence-corrected chi connectivity index (χ4v) is 2.81. The Morgan fingerprint density at radius 3 is 2.52 bits per heavy atom. The lowest BCUT2D eigenvalue weighted by molar-refractivity contribution is 0.0689. The lowest BCUT2D eigenvalue weighted by Crippen LogP contribution is -2.00. The molecule has 1 aromatic heterocycles. The molecule has 1 N–H and O–H groups in total. The van der Waals surface area contributed by atoms with Crippen LogP contribution in [0.15, 0.2) is 22.7 Å². The average Bonchev–Trinajstić information content (AvgIpc) is 2.79. The number of carboxylic acid groups (broad SMARTS) is 1. The number of aryl methyl sites for hydroxylation is 1. The summed E-state index contributed by atoms with van der Waals surface area (Å²) in [6.07, 6.45) is 0. The van der Waals surface area contributed by atoms with Crippen LogP contribution in [0.1, 0.15) is 35.8 Å². The number of ether oxygens (including phenoxy) is 1. The van der Waals surface area contributed by atoms with Crippen molar-refractivity contribution in [3.8, 4) is 17.0 Å². The number of hydrogen-bond donors (Lipinski definition) is 1. The fraction of sp³-hybridized carbons (Fsp3) is 0.333. The normalized spacial score (nSPS) is 11.0. The van der Waals surface area contributed by atoms with Crippen molar-refractivity contribution >= 4 is 21.9 Å². The van der Waals surface area contributed by atoms with Gasteiger partial charge in [-0.2, -0.15) is 5.10 Å². The summed E-state index contributed by atoms with van der Waals surface area (Å²) in [5.74, 6) is -0.0348. The van der Waals surface area contributed by atoms with Crippen molar-refractivity contribution < 1.29 is 14.6 Å². The molecule has 112 valence electrons. The largest absolute Gasteiger partial charge is 0.495 e. The summed E-state index contributed by atoms with van der Waals surface area (Å²) in [5.41, 5.74) is 2.67. The van der Waals surface area contributed by atoms with Gasteiger partial charge in [-0.1, -0.05) is 13.8 Å². The van der Waals surface area contributed by atoms with E-state index in [0.717, 1.165) is 15.6 Å². The molecule has 0 bridgehead atoms. The second-order valence-electron chi connectivity index (χ2n) is 5.08. The summed E-state index contributed by atoms with van der Waals surface area (Å²) in [4.78, 5) is 11.1. The second kappa shape index (κ2) is 5.89. The van der Waals surface area contributed by atoms with E-state index in [0.29, 0.717) is 17.4 Å². The Morgan fingerprint density at radius 2 is 2.05 bits per heavy atom. The number of benzene rings is 1. The molecule has 0 unspecified atom stereocenters. The summed E-state index contributed by atoms with van der Waals surface area (Å²) < 4.78 is 7.85. The maximum atomic E-state index is 11.1. The molecule has 2 rings (SSSR count). The summed E-state index contributed by atoms with van der Waals surface area (Å²) >= 11 is 3.51. The molecule has 0 radical (unpaired) electrons. The number of methoxy groups -OCH3 is 1. The zero-order chi connectivity index (χ0) is 15.7. The Labute approximate surface area is 131 Å². The predicted molar refractivity (Wildman–Crippen MR) is 83.9 cm³/mol. The molecule has 0 fully saturated rings. The van der Waals surface area contributed by atoms with Crippen LogP contribution in [0.25, 0.3) is 11.3 Å². The molecule has 0 saturated heterocycles. The highest BCUT2D eigenvalue weighted by Gasteiger charge is 2.19. The van der Waals surface area contributed by atoms with Gasteiger partial charge in [-0.25, -0.2) is 4.79 Å². The van der Waals surface area contributed by atoms with Crippen LogP contribution < -0.4 is 4.74 Å². The molecule has 5 nitrogen and oxygen atoms in total. The van der Waals surface area contributed by atoms with Crippen LogP contribution in [0, 0.1) is 0 Å². The molecule has 1 aromatic carbocycles. The van der Waals surface area contributed by atoms with E-state index < -0.39 is 5.97 Å². The summed E-state index contributed by atoms with van der Waals surface area (Å²) in [5, 5.41) is 13.1. The minimum atomic E-state index is -1.05. The number of carbonyl (C=O) groups is 1. The fourth-order valence-electron chi connectivity index (χ4n) is 2.17. The van der Waals surface area contributed by atoms with Crippen molar-refractivity contribution in [1.82, 2.24) is 9.78 Å². The number of nitrogens with zero attached hydrogens (tertiary/aromatic N) is 2. The van der Waals surface area contributed by atoms with E-state index in [1.165, 1.54) is 0 Å². The molecule has 0 saturated carbocycles. The number of aromatic carboxylic acids is 1. The SMILES string of the molecule is COc1c(Br)cc(C(C)C)cc1-c1cc(C(=O)O)nn1C. The van der Waals surface area contributed by atoms with Gasteiger partial charge in [-0.05, 0) is 45.6 Å². The van der Waals surface area contributed by atoms with E-state index in [2.05, 4.69) is 34.9 Å². The summed E-state index contributed by atoms with van der Waals surface area (Å²) in [6.45, 7) is 4.20. The summed E-state index contributed by atoms with van der Waals surface area (Å²) in [7, 11) is 3.31. The van der Waals surface area contributed by atoms with Crippen LogP contribution in [0.3, 0.4) is 0 Å². The van der Waals surface area contributed by atoms with Gasteiger partial charge in [-0.15, -0.1) is 0 Å². The molecule has 6 heteroatoms. The number of halogens is 1. The summed E-state index contributed by atoms with van der Waals surface area (Å²) in [6, 6.07) is 5.58. The number of hydrogen-bond acceptors (Lipinski definition) is 3. The first-order valence-electron chi connectivity index (χ1n) is 6.50. The Morgan fingerprint density at radius 1 is 1.38 bits per heavy atom. The number of rotatable bonds is 4. The minimum absolute atomic E-state index is 0.0145. The highest BCUT2D eigenvalue weighted by atomic mass is 79.9. The van der Waals surface area contributed by atoms with Crippen molar-refractivity contribution in [2.24, 2.45) is 7.05 Å². The van der Waals surface area contributed by atoms with Gasteiger partial charge < -0.3 is 9.84 Å². The molecule has 0 aliphatic heterocycles. The van der Waals surface area contributed by atoms with Crippen molar-refractivity contribution in [2.45, 2.75) is 19.8 Å². The van der Waals surface area contributed by atoms with Gasteiger partial charge in [0.1, 0.15) is 5.75 Å². The second-order valence-corrected chi connectivity index (χ2v) is 5.94. The molecule has 0 aliphatic carbocycles. The molecular weight excluding hydrogens is 336 g/mol. The molecule has 2 aromatic rings. The molecule has 0 spiro atoms. The Bertz CT molecular complexity index is 692. The maximum absolute atomic E-state index is 11.1. The van der Waals surface area contributed by atoms with Crippen molar-refractivity contribution in [1.29, 1.82) is 0 Å². The highest BCUT2D eigenvalue weighted by molar-refractivity contribution is 9.10. The van der Waals surface area contributed by atoms with Crippen molar-refractivity contribution in [2.75, 3.05) is 7.11 Å². The van der Waals surface area contributed by atoms with E-state index in [1.807, 2.05) is 12.1 Å². The Balaban J connectivity index is 2.69. The van der Waals surface area contributed by atoms with Gasteiger partial charge in [0, 0.05) is 12.6 Å². The highest BCUT2D eigenvalue weighted by Crippen LogP contribution is 2.39. The first-order valence-corrected chi connectivity index (χ1v) is 7.29. The number of carboxylic acids is 1. The molecule has 1 heterocycles. The van der Waals surface area contributed by atoms with Gasteiger partial charge in [0.15, 0.2) is 5.69 Å². The topological polar surface area (TPSA) is 64.3 Å². The van der Waals surface area contributed by atoms with Crippen LogP contribution in [0.5, 0.6) is 5.75 Å². The standard InChI is InChI=1S/C15H17BrN2O3/c1-8(2)9-5-10(14(21-4)11(16)6-9)13-7-12(15(19)20)17-18(13)3/h5-8H,1-4H3,(H,19,20). The van der Waals surface area contributed by atoms with Crippen LogP contribution in [0.2, 0.25) is 0 Å². The maximum Gasteiger partial charge on any atom is 0.356 e. The predicted octanol–water partition coefficient (Wildman–Crippen LogP) is 3.68. The van der Waals surface area contributed by atoms with E-state index in [4.69, 9.17) is 9.84 Å². The zero-order valence-electron chi connectivity index (χ0n) is 12.3. The van der Waals surface area contributed by atoms with Gasteiger partial charge >= 0.3 is 5.97 Å². The molecule has 0 atom stereocenters. The lowest BCUT2D eigenvalue weighted by Gasteiger charge is -2.15. The first kappa shape index (κ1) is 15.6. The minimum Gasteiger partial charge on any atom is -0.495 e. The van der Waals surface area contributed by atoms with E-state index in [9.17, 15) is 4.79 Å². The third kappa shape index (κ3) is 2.95. The van der Waals surface area contributed by atoms with Crippen LogP contribution in [0.4, 0.5) is 0 Å². The van der Waals surface area contributed by atoms with Gasteiger partial charge in [0.2, 0.25) is 0 Å². The molecule has 21 heavy (non-hydrogen) atoms. The van der Waals surface area contributed by atoms with Crippen molar-refractivity contribution in [3.63, 3.8) is 0 Å². The van der Waals surface area contributed by atoms with Crippen LogP contribution >= 0.6 is 15.9 Å². The molecule has 0 aliphatic rings. The van der Waals surface area contributed by atoms with Crippen LogP contribution in [-0.2, 0) is 7.05 Å². The van der Waals surface area contributed by atoms with Crippen molar-refractivity contribution in [3.05, 3.63) is 33.9 Å². The quantitative estimate of drug-likeness (QED) is 0.911. The van der Waals surface area contributed by atoms with Gasteiger partial charge in [0.05, 0.1) is 17.3 Å². The zero-order valence-corrected chi connectivity index (χ0v) is 13.9. The van der Waals surface area contributed by atoms with Gasteiger partial charge in [0.25, 0.3) is 0 Å². The van der Waals surface area contributed by atoms with E-state index >= 15 is 0 Å². The average molecular weight is 353 g/mol. The third-order valence-electron chi connectivity index (χ3n) is 3.31. The smallest absolute Gasteiger partial charge is 0.356 e. The van der Waals surface area contributed by atoms with E-state index in [1.54, 1.807) is 24.9 Å². The van der Waals surface area contributed by atoms with Crippen LogP contribution in [-0.4, -0.2) is 28.0 Å². The number of aromatic nitrogens is 2. The third-order valence-corrected chi connectivity index (χ3v) is 3.90. The molecular formula is C15H17BrN2O3. The monoisotopic (exact) mass is 352 g/mol. The van der Waals surface area contributed by atoms with Gasteiger partial charge in [-0.3, -0.25) is 4.68 Å². The Hall–Kier alpha value is -1.82. The molecule has 0 amide bonds. The Kier molecular flexibility index (Phi) is 4.37. The lowest BCUT2D eigenvalue weighted by atomic mass is 9.98.